The quantitative estimate of drug-likeness (QED) is 0.599. The maximum Gasteiger partial charge on any atom is 0.435 e. The van der Waals surface area contributed by atoms with Crippen molar-refractivity contribution in [2.75, 3.05) is 11.9 Å². The number of nitrogens with one attached hydrogen (secondary N) is 1. The van der Waals surface area contributed by atoms with Crippen molar-refractivity contribution in [2.24, 2.45) is 0 Å². The van der Waals surface area contributed by atoms with Crippen LogP contribution in [0.4, 0.5) is 19.0 Å². The molecule has 0 bridgehead atoms. The predicted molar refractivity (Wildman–Crippen MR) is 99.7 cm³/mol. The van der Waals surface area contributed by atoms with E-state index in [1.807, 2.05) is 25.1 Å². The standard InChI is InChI=1S/C19H16ClF3N4O/c1-12-2-7-15(25-10-12)28-14-5-3-13(4-6-14)8-9-24-18-16(20)17(19(21,22)23)26-11-27-18/h2-7,10-11H,8-9H2,1H3,(H,24,26,27). The van der Waals surface area contributed by atoms with E-state index in [9.17, 15) is 13.2 Å². The van der Waals surface area contributed by atoms with E-state index in [-0.39, 0.29) is 5.82 Å². The molecule has 28 heavy (non-hydrogen) atoms. The average molecular weight is 409 g/mol. The molecule has 0 fully saturated rings. The minimum absolute atomic E-state index is 0.0469. The summed E-state index contributed by atoms with van der Waals surface area (Å²) in [5.74, 6) is 1.09. The Morgan fingerprint density at radius 1 is 1.04 bits per heavy atom. The van der Waals surface area contributed by atoms with Crippen LogP contribution in [-0.4, -0.2) is 21.5 Å². The second kappa shape index (κ2) is 8.43. The maximum absolute atomic E-state index is 12.8. The van der Waals surface area contributed by atoms with E-state index >= 15 is 0 Å². The molecule has 3 rings (SSSR count). The van der Waals surface area contributed by atoms with Gasteiger partial charge in [-0.05, 0) is 36.6 Å². The van der Waals surface area contributed by atoms with Gasteiger partial charge in [0.05, 0.1) is 0 Å². The highest BCUT2D eigenvalue weighted by Gasteiger charge is 2.36. The van der Waals surface area contributed by atoms with Crippen LogP contribution in [0.15, 0.2) is 48.9 Å². The van der Waals surface area contributed by atoms with E-state index in [4.69, 9.17) is 16.3 Å². The van der Waals surface area contributed by atoms with Gasteiger partial charge in [0.15, 0.2) is 5.69 Å². The molecule has 0 aliphatic heterocycles. The molecule has 1 aromatic carbocycles. The maximum atomic E-state index is 12.8. The Morgan fingerprint density at radius 2 is 1.79 bits per heavy atom. The minimum atomic E-state index is -4.63. The fraction of sp³-hybridized carbons (Fsp3) is 0.211. The second-order valence-corrected chi connectivity index (χ2v) is 6.36. The molecule has 0 saturated carbocycles. The van der Waals surface area contributed by atoms with E-state index in [0.29, 0.717) is 24.6 Å². The molecule has 2 aromatic heterocycles. The molecule has 0 amide bonds. The molecule has 146 valence electrons. The number of benzene rings is 1. The first-order valence-corrected chi connectivity index (χ1v) is 8.72. The van der Waals surface area contributed by atoms with Gasteiger partial charge in [-0.2, -0.15) is 13.2 Å². The van der Waals surface area contributed by atoms with Crippen LogP contribution in [0.25, 0.3) is 0 Å². The summed E-state index contributed by atoms with van der Waals surface area (Å²) in [5, 5.41) is 2.27. The lowest BCUT2D eigenvalue weighted by Gasteiger charge is -2.12. The summed E-state index contributed by atoms with van der Waals surface area (Å²) in [6.45, 7) is 2.30. The van der Waals surface area contributed by atoms with Crippen LogP contribution in [0.2, 0.25) is 5.02 Å². The van der Waals surface area contributed by atoms with Gasteiger partial charge in [0, 0.05) is 18.8 Å². The van der Waals surface area contributed by atoms with E-state index in [1.165, 1.54) is 0 Å². The molecule has 0 aliphatic carbocycles. The van der Waals surface area contributed by atoms with E-state index < -0.39 is 16.9 Å². The van der Waals surface area contributed by atoms with Gasteiger partial charge >= 0.3 is 6.18 Å². The van der Waals surface area contributed by atoms with Crippen molar-refractivity contribution in [2.45, 2.75) is 19.5 Å². The van der Waals surface area contributed by atoms with Crippen LogP contribution in [0.5, 0.6) is 11.6 Å². The third-order valence-electron chi connectivity index (χ3n) is 3.79. The summed E-state index contributed by atoms with van der Waals surface area (Å²) in [6.07, 6.45) is -1.51. The van der Waals surface area contributed by atoms with Crippen molar-refractivity contribution < 1.29 is 17.9 Å². The van der Waals surface area contributed by atoms with Crippen LogP contribution < -0.4 is 10.1 Å². The number of anilines is 1. The molecule has 0 atom stereocenters. The summed E-state index contributed by atoms with van der Waals surface area (Å²) in [5.41, 5.74) is 0.858. The summed E-state index contributed by atoms with van der Waals surface area (Å²) >= 11 is 5.75. The third-order valence-corrected chi connectivity index (χ3v) is 4.15. The van der Waals surface area contributed by atoms with E-state index in [2.05, 4.69) is 20.3 Å². The van der Waals surface area contributed by atoms with Crippen molar-refractivity contribution in [1.29, 1.82) is 0 Å². The van der Waals surface area contributed by atoms with E-state index in [0.717, 1.165) is 17.5 Å². The zero-order valence-corrected chi connectivity index (χ0v) is 15.6. The Hall–Kier alpha value is -2.87. The number of pyridine rings is 1. The highest BCUT2D eigenvalue weighted by molar-refractivity contribution is 6.33. The molecule has 0 radical (unpaired) electrons. The molecule has 0 saturated heterocycles. The molecule has 0 unspecified atom stereocenters. The Morgan fingerprint density at radius 3 is 2.43 bits per heavy atom. The van der Waals surface area contributed by atoms with Gasteiger partial charge in [0.2, 0.25) is 5.88 Å². The van der Waals surface area contributed by atoms with E-state index in [1.54, 1.807) is 24.4 Å². The van der Waals surface area contributed by atoms with Gasteiger partial charge in [-0.3, -0.25) is 0 Å². The average Bonchev–Trinajstić information content (AvgIpc) is 2.65. The van der Waals surface area contributed by atoms with Crippen LogP contribution in [0.3, 0.4) is 0 Å². The summed E-state index contributed by atoms with van der Waals surface area (Å²) in [7, 11) is 0. The summed E-state index contributed by atoms with van der Waals surface area (Å²) in [6, 6.07) is 11.0. The third kappa shape index (κ3) is 5.10. The van der Waals surface area contributed by atoms with Crippen LogP contribution in [0, 0.1) is 6.92 Å². The summed E-state index contributed by atoms with van der Waals surface area (Å²) < 4.78 is 44.1. The molecule has 5 nitrogen and oxygen atoms in total. The van der Waals surface area contributed by atoms with Crippen molar-refractivity contribution in [3.8, 4) is 11.6 Å². The first kappa shape index (κ1) is 19.9. The number of ether oxygens (including phenoxy) is 1. The van der Waals surface area contributed by atoms with Gasteiger partial charge in [0.25, 0.3) is 0 Å². The number of rotatable bonds is 6. The van der Waals surface area contributed by atoms with Gasteiger partial charge in [-0.15, -0.1) is 0 Å². The highest BCUT2D eigenvalue weighted by Crippen LogP contribution is 2.35. The largest absolute Gasteiger partial charge is 0.439 e. The number of hydrogen-bond acceptors (Lipinski definition) is 5. The SMILES string of the molecule is Cc1ccc(Oc2ccc(CCNc3ncnc(C(F)(F)F)c3Cl)cc2)nc1. The topological polar surface area (TPSA) is 59.9 Å². The van der Waals surface area contributed by atoms with Crippen LogP contribution >= 0.6 is 11.6 Å². The molecule has 1 N–H and O–H groups in total. The van der Waals surface area contributed by atoms with Gasteiger partial charge < -0.3 is 10.1 Å². The van der Waals surface area contributed by atoms with Crippen molar-refractivity contribution >= 4 is 17.4 Å². The van der Waals surface area contributed by atoms with Crippen molar-refractivity contribution in [1.82, 2.24) is 15.0 Å². The number of aromatic nitrogens is 3. The number of nitrogens with zero attached hydrogens (tertiary/aromatic N) is 3. The number of aryl methyl sites for hydroxylation is 1. The minimum Gasteiger partial charge on any atom is -0.439 e. The number of alkyl halides is 3. The monoisotopic (exact) mass is 408 g/mol. The van der Waals surface area contributed by atoms with Gasteiger partial charge in [-0.25, -0.2) is 15.0 Å². The number of hydrogen-bond donors (Lipinski definition) is 1. The Balaban J connectivity index is 1.56. The summed E-state index contributed by atoms with van der Waals surface area (Å²) in [4.78, 5) is 11.1. The zero-order valence-electron chi connectivity index (χ0n) is 14.8. The van der Waals surface area contributed by atoms with Crippen LogP contribution in [-0.2, 0) is 12.6 Å². The lowest BCUT2D eigenvalue weighted by Crippen LogP contribution is -2.13. The Bertz CT molecular complexity index is 931. The molecule has 0 spiro atoms. The van der Waals surface area contributed by atoms with Crippen LogP contribution in [0.1, 0.15) is 16.8 Å². The van der Waals surface area contributed by atoms with Crippen molar-refractivity contribution in [3.63, 3.8) is 0 Å². The zero-order chi connectivity index (χ0) is 20.1. The highest BCUT2D eigenvalue weighted by atomic mass is 35.5. The predicted octanol–water partition coefficient (Wildman–Crippen LogP) is 5.30. The normalized spacial score (nSPS) is 11.3. The second-order valence-electron chi connectivity index (χ2n) is 5.98. The lowest BCUT2D eigenvalue weighted by atomic mass is 10.1. The van der Waals surface area contributed by atoms with Gasteiger partial charge in [0.1, 0.15) is 22.9 Å². The lowest BCUT2D eigenvalue weighted by molar-refractivity contribution is -0.141. The number of halogens is 4. The molecule has 9 heteroatoms. The first-order valence-electron chi connectivity index (χ1n) is 8.34. The fourth-order valence-electron chi connectivity index (χ4n) is 2.38. The Labute approximate surface area is 164 Å². The smallest absolute Gasteiger partial charge is 0.435 e. The molecular formula is C19H16ClF3N4O. The first-order chi connectivity index (χ1) is 13.3. The molecule has 0 aliphatic rings. The van der Waals surface area contributed by atoms with Crippen molar-refractivity contribution in [3.05, 3.63) is 70.8 Å². The van der Waals surface area contributed by atoms with Gasteiger partial charge in [-0.1, -0.05) is 29.8 Å². The Kier molecular flexibility index (Phi) is 5.99. The molecule has 2 heterocycles. The molecule has 3 aromatic rings. The fourth-order valence-corrected chi connectivity index (χ4v) is 2.65. The molecular weight excluding hydrogens is 393 g/mol.